The van der Waals surface area contributed by atoms with Crippen molar-refractivity contribution in [3.63, 3.8) is 0 Å². The molecule has 0 saturated carbocycles. The minimum Gasteiger partial charge on any atom is -0.488 e. The summed E-state index contributed by atoms with van der Waals surface area (Å²) in [5.41, 5.74) is 3.65. The minimum atomic E-state index is -0.641. The van der Waals surface area contributed by atoms with Crippen LogP contribution in [-0.2, 0) is 4.79 Å². The fourth-order valence-corrected chi connectivity index (χ4v) is 2.79. The van der Waals surface area contributed by atoms with E-state index in [4.69, 9.17) is 4.74 Å². The molecular formula is C19H24N2O3. The Balaban J connectivity index is 2.28. The van der Waals surface area contributed by atoms with Crippen molar-refractivity contribution in [1.82, 2.24) is 4.57 Å². The lowest BCUT2D eigenvalue weighted by Crippen LogP contribution is -2.32. The van der Waals surface area contributed by atoms with Crippen molar-refractivity contribution >= 4 is 11.6 Å². The number of amides is 1. The molecular weight excluding hydrogens is 304 g/mol. The molecule has 0 saturated heterocycles. The van der Waals surface area contributed by atoms with Gasteiger partial charge in [-0.1, -0.05) is 17.7 Å². The quantitative estimate of drug-likeness (QED) is 0.915. The Kier molecular flexibility index (Phi) is 5.44. The Labute approximate surface area is 142 Å². The number of benzene rings is 1. The van der Waals surface area contributed by atoms with E-state index >= 15 is 0 Å². The monoisotopic (exact) mass is 328 g/mol. The molecule has 0 bridgehead atoms. The van der Waals surface area contributed by atoms with Gasteiger partial charge in [0.05, 0.1) is 6.61 Å². The molecule has 2 aromatic rings. The number of anilines is 1. The number of carbonyl (C=O) groups is 1. The van der Waals surface area contributed by atoms with E-state index in [1.807, 2.05) is 39.8 Å². The van der Waals surface area contributed by atoms with Gasteiger partial charge in [0.2, 0.25) is 5.91 Å². The molecule has 0 fully saturated rings. The summed E-state index contributed by atoms with van der Waals surface area (Å²) in [6, 6.07) is 6.72. The number of hydrogen-bond donors (Lipinski definition) is 1. The lowest BCUT2D eigenvalue weighted by Gasteiger charge is -2.18. The van der Waals surface area contributed by atoms with E-state index in [-0.39, 0.29) is 17.2 Å². The molecule has 1 aromatic heterocycles. The molecule has 0 spiro atoms. The Morgan fingerprint density at radius 3 is 2.46 bits per heavy atom. The van der Waals surface area contributed by atoms with Gasteiger partial charge in [0, 0.05) is 11.9 Å². The third kappa shape index (κ3) is 3.67. The molecule has 1 N–H and O–H groups in total. The molecule has 5 heteroatoms. The average molecular weight is 328 g/mol. The summed E-state index contributed by atoms with van der Waals surface area (Å²) in [4.78, 5) is 25.0. The molecule has 1 unspecified atom stereocenters. The van der Waals surface area contributed by atoms with Crippen LogP contribution in [0.25, 0.3) is 0 Å². The van der Waals surface area contributed by atoms with Gasteiger partial charge < -0.3 is 14.6 Å². The molecule has 0 aliphatic carbocycles. The molecule has 2 rings (SSSR count). The van der Waals surface area contributed by atoms with Crippen LogP contribution in [0.15, 0.2) is 35.3 Å². The zero-order valence-electron chi connectivity index (χ0n) is 14.8. The van der Waals surface area contributed by atoms with Gasteiger partial charge in [0.25, 0.3) is 5.56 Å². The maximum absolute atomic E-state index is 12.6. The van der Waals surface area contributed by atoms with Crippen LogP contribution in [0.1, 0.15) is 36.6 Å². The van der Waals surface area contributed by atoms with Gasteiger partial charge in [-0.15, -0.1) is 0 Å². The number of ether oxygens (including phenoxy) is 1. The van der Waals surface area contributed by atoms with Crippen molar-refractivity contribution in [2.75, 3.05) is 11.9 Å². The van der Waals surface area contributed by atoms with Gasteiger partial charge >= 0.3 is 0 Å². The smallest absolute Gasteiger partial charge is 0.293 e. The first-order chi connectivity index (χ1) is 11.3. The molecule has 0 radical (unpaired) electrons. The van der Waals surface area contributed by atoms with E-state index in [0.29, 0.717) is 6.61 Å². The number of rotatable bonds is 5. The minimum absolute atomic E-state index is 0.235. The number of aromatic nitrogens is 1. The maximum atomic E-state index is 12.6. The molecule has 1 atom stereocenters. The second-order valence-electron chi connectivity index (χ2n) is 5.96. The van der Waals surface area contributed by atoms with Crippen molar-refractivity contribution in [3.8, 4) is 5.75 Å². The van der Waals surface area contributed by atoms with Gasteiger partial charge in [-0.05, 0) is 57.9 Å². The number of carbonyl (C=O) groups excluding carboxylic acids is 1. The zero-order valence-corrected chi connectivity index (χ0v) is 14.8. The van der Waals surface area contributed by atoms with E-state index in [1.165, 1.54) is 4.57 Å². The number of pyridine rings is 1. The molecule has 1 heterocycles. The van der Waals surface area contributed by atoms with Gasteiger partial charge in [0.1, 0.15) is 6.04 Å². The second kappa shape index (κ2) is 7.34. The Morgan fingerprint density at radius 1 is 1.25 bits per heavy atom. The third-order valence-electron chi connectivity index (χ3n) is 3.96. The SMILES string of the molecule is CCOc1cccn(C(C)C(=O)Nc2c(C)cc(C)cc2C)c1=O. The van der Waals surface area contributed by atoms with Crippen molar-refractivity contribution in [3.05, 3.63) is 57.5 Å². The summed E-state index contributed by atoms with van der Waals surface area (Å²) in [6.07, 6.45) is 1.60. The van der Waals surface area contributed by atoms with Crippen LogP contribution in [0, 0.1) is 20.8 Å². The predicted octanol–water partition coefficient (Wildman–Crippen LogP) is 3.37. The molecule has 128 valence electrons. The maximum Gasteiger partial charge on any atom is 0.293 e. The average Bonchev–Trinajstić information content (AvgIpc) is 2.52. The summed E-state index contributed by atoms with van der Waals surface area (Å²) in [6.45, 7) is 9.86. The number of hydrogen-bond acceptors (Lipinski definition) is 3. The summed E-state index contributed by atoms with van der Waals surface area (Å²) in [5, 5.41) is 2.94. The molecule has 5 nitrogen and oxygen atoms in total. The highest BCUT2D eigenvalue weighted by Gasteiger charge is 2.19. The molecule has 0 aliphatic rings. The number of nitrogens with zero attached hydrogens (tertiary/aromatic N) is 1. The highest BCUT2D eigenvalue weighted by atomic mass is 16.5. The van der Waals surface area contributed by atoms with E-state index in [1.54, 1.807) is 25.3 Å². The van der Waals surface area contributed by atoms with Crippen LogP contribution < -0.4 is 15.6 Å². The number of nitrogens with one attached hydrogen (secondary N) is 1. The lowest BCUT2D eigenvalue weighted by atomic mass is 10.0. The highest BCUT2D eigenvalue weighted by molar-refractivity contribution is 5.95. The van der Waals surface area contributed by atoms with E-state index in [9.17, 15) is 9.59 Å². The van der Waals surface area contributed by atoms with E-state index in [2.05, 4.69) is 5.32 Å². The van der Waals surface area contributed by atoms with Crippen LogP contribution in [0.4, 0.5) is 5.69 Å². The van der Waals surface area contributed by atoms with Crippen molar-refractivity contribution < 1.29 is 9.53 Å². The second-order valence-corrected chi connectivity index (χ2v) is 5.96. The van der Waals surface area contributed by atoms with Crippen LogP contribution in [0.3, 0.4) is 0 Å². The lowest BCUT2D eigenvalue weighted by molar-refractivity contribution is -0.118. The van der Waals surface area contributed by atoms with Gasteiger partial charge in [-0.3, -0.25) is 9.59 Å². The summed E-state index contributed by atoms with van der Waals surface area (Å²) in [5.74, 6) is 0.0168. The van der Waals surface area contributed by atoms with Crippen molar-refractivity contribution in [1.29, 1.82) is 0 Å². The Hall–Kier alpha value is -2.56. The molecule has 0 aliphatic heterocycles. The normalized spacial score (nSPS) is 11.9. The highest BCUT2D eigenvalue weighted by Crippen LogP contribution is 2.23. The molecule has 1 amide bonds. The first-order valence-electron chi connectivity index (χ1n) is 8.07. The Morgan fingerprint density at radius 2 is 1.88 bits per heavy atom. The largest absolute Gasteiger partial charge is 0.488 e. The first-order valence-corrected chi connectivity index (χ1v) is 8.07. The number of aryl methyl sites for hydroxylation is 3. The van der Waals surface area contributed by atoms with Crippen molar-refractivity contribution in [2.45, 2.75) is 40.7 Å². The van der Waals surface area contributed by atoms with Crippen LogP contribution in [-0.4, -0.2) is 17.1 Å². The van der Waals surface area contributed by atoms with Crippen LogP contribution in [0.2, 0.25) is 0 Å². The zero-order chi connectivity index (χ0) is 17.9. The van der Waals surface area contributed by atoms with Crippen LogP contribution in [0.5, 0.6) is 5.75 Å². The van der Waals surface area contributed by atoms with E-state index in [0.717, 1.165) is 22.4 Å². The van der Waals surface area contributed by atoms with Gasteiger partial charge in [-0.2, -0.15) is 0 Å². The van der Waals surface area contributed by atoms with Gasteiger partial charge in [0.15, 0.2) is 5.75 Å². The van der Waals surface area contributed by atoms with Crippen LogP contribution >= 0.6 is 0 Å². The summed E-state index contributed by atoms with van der Waals surface area (Å²) >= 11 is 0. The summed E-state index contributed by atoms with van der Waals surface area (Å²) < 4.78 is 6.70. The fraction of sp³-hybridized carbons (Fsp3) is 0.368. The topological polar surface area (TPSA) is 60.3 Å². The van der Waals surface area contributed by atoms with Gasteiger partial charge in [-0.25, -0.2) is 0 Å². The molecule has 24 heavy (non-hydrogen) atoms. The predicted molar refractivity (Wildman–Crippen MR) is 95.9 cm³/mol. The molecule has 1 aromatic carbocycles. The standard InChI is InChI=1S/C19H24N2O3/c1-6-24-16-8-7-9-21(19(16)23)15(5)18(22)20-17-13(3)10-12(2)11-14(17)4/h7-11,15H,6H2,1-5H3,(H,20,22). The first kappa shape index (κ1) is 17.8. The summed E-state index contributed by atoms with van der Waals surface area (Å²) in [7, 11) is 0. The Bertz CT molecular complexity index is 785. The third-order valence-corrected chi connectivity index (χ3v) is 3.96. The van der Waals surface area contributed by atoms with Crippen molar-refractivity contribution in [2.24, 2.45) is 0 Å². The van der Waals surface area contributed by atoms with E-state index < -0.39 is 6.04 Å². The fourth-order valence-electron chi connectivity index (χ4n) is 2.79.